The zero-order chi connectivity index (χ0) is 22.9. The summed E-state index contributed by atoms with van der Waals surface area (Å²) in [6.07, 6.45) is 5.49. The van der Waals surface area contributed by atoms with E-state index in [2.05, 4.69) is 5.32 Å². The summed E-state index contributed by atoms with van der Waals surface area (Å²) in [5.41, 5.74) is 2.02. The van der Waals surface area contributed by atoms with Gasteiger partial charge in [-0.3, -0.25) is 9.59 Å². The van der Waals surface area contributed by atoms with Crippen LogP contribution < -0.4 is 14.8 Å². The lowest BCUT2D eigenvalue weighted by Gasteiger charge is -2.31. The van der Waals surface area contributed by atoms with Crippen molar-refractivity contribution in [2.75, 3.05) is 13.7 Å². The number of rotatable bonds is 9. The van der Waals surface area contributed by atoms with Crippen LogP contribution >= 0.6 is 0 Å². The first-order valence-electron chi connectivity index (χ1n) is 11.4. The molecule has 1 N–H and O–H groups in total. The molecule has 2 amide bonds. The van der Waals surface area contributed by atoms with Crippen molar-refractivity contribution in [1.82, 2.24) is 10.2 Å². The lowest BCUT2D eigenvalue weighted by Crippen LogP contribution is -2.51. The molecule has 2 aromatic rings. The van der Waals surface area contributed by atoms with Gasteiger partial charge in [-0.25, -0.2) is 0 Å². The third kappa shape index (κ3) is 6.74. The van der Waals surface area contributed by atoms with Gasteiger partial charge in [-0.05, 0) is 56.5 Å². The van der Waals surface area contributed by atoms with Crippen LogP contribution in [-0.4, -0.2) is 42.5 Å². The number of carbonyl (C=O) groups excluding carboxylic acids is 2. The Morgan fingerprint density at radius 2 is 1.78 bits per heavy atom. The topological polar surface area (TPSA) is 67.9 Å². The normalized spacial score (nSPS) is 15.0. The number of ether oxygens (including phenoxy) is 2. The van der Waals surface area contributed by atoms with Gasteiger partial charge in [-0.2, -0.15) is 0 Å². The quantitative estimate of drug-likeness (QED) is 0.636. The molecule has 1 fully saturated rings. The van der Waals surface area contributed by atoms with Gasteiger partial charge in [-0.15, -0.1) is 0 Å². The highest BCUT2D eigenvalue weighted by Crippen LogP contribution is 2.20. The average Bonchev–Trinajstić information content (AvgIpc) is 2.82. The smallest absolute Gasteiger partial charge is 0.261 e. The van der Waals surface area contributed by atoms with Crippen molar-refractivity contribution in [3.05, 3.63) is 59.7 Å². The van der Waals surface area contributed by atoms with E-state index in [1.54, 1.807) is 18.9 Å². The van der Waals surface area contributed by atoms with Crippen LogP contribution in [0, 0.1) is 6.92 Å². The molecule has 0 spiro atoms. The fourth-order valence-electron chi connectivity index (χ4n) is 3.98. The number of hydrogen-bond donors (Lipinski definition) is 1. The molecule has 0 unspecified atom stereocenters. The summed E-state index contributed by atoms with van der Waals surface area (Å²) in [6, 6.07) is 14.7. The summed E-state index contributed by atoms with van der Waals surface area (Å²) in [4.78, 5) is 27.8. The molecular weight excluding hydrogens is 404 g/mol. The molecule has 0 radical (unpaired) electrons. The van der Waals surface area contributed by atoms with E-state index >= 15 is 0 Å². The molecule has 6 heteroatoms. The van der Waals surface area contributed by atoms with E-state index in [9.17, 15) is 9.59 Å². The monoisotopic (exact) mass is 438 g/mol. The fourth-order valence-corrected chi connectivity index (χ4v) is 3.98. The van der Waals surface area contributed by atoms with Crippen LogP contribution in [0.25, 0.3) is 0 Å². The first kappa shape index (κ1) is 23.6. The lowest BCUT2D eigenvalue weighted by molar-refractivity contribution is -0.142. The van der Waals surface area contributed by atoms with Gasteiger partial charge < -0.3 is 19.7 Å². The molecule has 0 aromatic heterocycles. The summed E-state index contributed by atoms with van der Waals surface area (Å²) in [6.45, 7) is 3.94. The standard InChI is InChI=1S/C26H34N2O4/c1-19-12-14-23(15-13-19)32-18-25(29)28(17-21-8-7-11-24(16-21)31-3)20(2)26(30)27-22-9-5-4-6-10-22/h7-8,11-16,20,22H,4-6,9-10,17-18H2,1-3H3,(H,27,30)/t20-/m1/s1. The van der Waals surface area contributed by atoms with Crippen molar-refractivity contribution in [2.24, 2.45) is 0 Å². The second-order valence-electron chi connectivity index (χ2n) is 8.49. The SMILES string of the molecule is COc1cccc(CN(C(=O)COc2ccc(C)cc2)[C@H](C)C(=O)NC2CCCCC2)c1. The van der Waals surface area contributed by atoms with Crippen molar-refractivity contribution in [2.45, 2.75) is 64.6 Å². The van der Waals surface area contributed by atoms with Gasteiger partial charge in [0.15, 0.2) is 6.61 Å². The largest absolute Gasteiger partial charge is 0.497 e. The second-order valence-corrected chi connectivity index (χ2v) is 8.49. The fraction of sp³-hybridized carbons (Fsp3) is 0.462. The summed E-state index contributed by atoms with van der Waals surface area (Å²) < 4.78 is 11.0. The van der Waals surface area contributed by atoms with Crippen LogP contribution in [0.5, 0.6) is 11.5 Å². The highest BCUT2D eigenvalue weighted by Gasteiger charge is 2.28. The van der Waals surface area contributed by atoms with E-state index in [0.29, 0.717) is 18.0 Å². The summed E-state index contributed by atoms with van der Waals surface area (Å²) >= 11 is 0. The zero-order valence-corrected chi connectivity index (χ0v) is 19.3. The molecule has 0 bridgehead atoms. The Kier molecular flexibility index (Phi) is 8.54. The first-order valence-corrected chi connectivity index (χ1v) is 11.4. The molecule has 1 aliphatic rings. The third-order valence-electron chi connectivity index (χ3n) is 5.99. The van der Waals surface area contributed by atoms with Gasteiger partial charge in [0.05, 0.1) is 7.11 Å². The zero-order valence-electron chi connectivity index (χ0n) is 19.3. The Morgan fingerprint density at radius 1 is 1.06 bits per heavy atom. The Morgan fingerprint density at radius 3 is 2.47 bits per heavy atom. The van der Waals surface area contributed by atoms with E-state index in [-0.39, 0.29) is 24.5 Å². The van der Waals surface area contributed by atoms with Gasteiger partial charge >= 0.3 is 0 Å². The molecule has 0 heterocycles. The van der Waals surface area contributed by atoms with E-state index in [1.165, 1.54) is 6.42 Å². The first-order chi connectivity index (χ1) is 15.5. The van der Waals surface area contributed by atoms with E-state index < -0.39 is 6.04 Å². The van der Waals surface area contributed by atoms with Gasteiger partial charge in [0.2, 0.25) is 5.91 Å². The maximum absolute atomic E-state index is 13.2. The number of benzene rings is 2. The molecule has 1 aliphatic carbocycles. The minimum atomic E-state index is -0.614. The molecule has 3 rings (SSSR count). The van der Waals surface area contributed by atoms with Crippen LogP contribution in [0.15, 0.2) is 48.5 Å². The van der Waals surface area contributed by atoms with Crippen molar-refractivity contribution in [3.63, 3.8) is 0 Å². The second kappa shape index (κ2) is 11.6. The number of hydrogen-bond acceptors (Lipinski definition) is 4. The van der Waals surface area contributed by atoms with E-state index in [1.807, 2.05) is 55.5 Å². The molecule has 1 saturated carbocycles. The molecular formula is C26H34N2O4. The summed E-state index contributed by atoms with van der Waals surface area (Å²) in [5.74, 6) is 0.984. The van der Waals surface area contributed by atoms with Gasteiger partial charge in [0.25, 0.3) is 5.91 Å². The van der Waals surface area contributed by atoms with E-state index in [4.69, 9.17) is 9.47 Å². The molecule has 0 saturated heterocycles. The van der Waals surface area contributed by atoms with Gasteiger partial charge in [-0.1, -0.05) is 49.1 Å². The maximum Gasteiger partial charge on any atom is 0.261 e. The predicted octanol–water partition coefficient (Wildman–Crippen LogP) is 4.25. The van der Waals surface area contributed by atoms with Gasteiger partial charge in [0.1, 0.15) is 17.5 Å². The van der Waals surface area contributed by atoms with Crippen molar-refractivity contribution >= 4 is 11.8 Å². The minimum absolute atomic E-state index is 0.122. The summed E-state index contributed by atoms with van der Waals surface area (Å²) in [7, 11) is 1.61. The van der Waals surface area contributed by atoms with Crippen LogP contribution in [0.3, 0.4) is 0 Å². The molecule has 172 valence electrons. The third-order valence-corrected chi connectivity index (χ3v) is 5.99. The highest BCUT2D eigenvalue weighted by atomic mass is 16.5. The van der Waals surface area contributed by atoms with Crippen molar-refractivity contribution < 1.29 is 19.1 Å². The number of nitrogens with one attached hydrogen (secondary N) is 1. The molecule has 1 atom stereocenters. The van der Waals surface area contributed by atoms with Crippen molar-refractivity contribution in [3.8, 4) is 11.5 Å². The Balaban J connectivity index is 1.71. The van der Waals surface area contributed by atoms with E-state index in [0.717, 1.165) is 36.8 Å². The lowest BCUT2D eigenvalue weighted by atomic mass is 9.95. The Hall–Kier alpha value is -3.02. The molecule has 6 nitrogen and oxygen atoms in total. The number of nitrogens with zero attached hydrogens (tertiary/aromatic N) is 1. The number of carbonyl (C=O) groups is 2. The Labute approximate surface area is 190 Å². The van der Waals surface area contributed by atoms with Gasteiger partial charge in [0, 0.05) is 12.6 Å². The van der Waals surface area contributed by atoms with Crippen LogP contribution in [0.2, 0.25) is 0 Å². The highest BCUT2D eigenvalue weighted by molar-refractivity contribution is 5.88. The molecule has 2 aromatic carbocycles. The van der Waals surface area contributed by atoms with Crippen LogP contribution in [-0.2, 0) is 16.1 Å². The number of aryl methyl sites for hydroxylation is 1. The Bertz CT molecular complexity index is 891. The van der Waals surface area contributed by atoms with Crippen molar-refractivity contribution in [1.29, 1.82) is 0 Å². The number of amides is 2. The minimum Gasteiger partial charge on any atom is -0.497 e. The predicted molar refractivity (Wildman–Crippen MR) is 125 cm³/mol. The summed E-state index contributed by atoms with van der Waals surface area (Å²) in [5, 5.41) is 3.14. The maximum atomic E-state index is 13.2. The number of methoxy groups -OCH3 is 1. The molecule has 32 heavy (non-hydrogen) atoms. The van der Waals surface area contributed by atoms with Crippen LogP contribution in [0.4, 0.5) is 0 Å². The molecule has 0 aliphatic heterocycles. The average molecular weight is 439 g/mol. The van der Waals surface area contributed by atoms with Crippen LogP contribution in [0.1, 0.15) is 50.2 Å².